The van der Waals surface area contributed by atoms with Crippen molar-refractivity contribution in [2.24, 2.45) is 0 Å². The first-order chi connectivity index (χ1) is 36.7. The van der Waals surface area contributed by atoms with Gasteiger partial charge >= 0.3 is 77.0 Å². The number of carboxylic acid groups (broad SMARTS) is 5. The van der Waals surface area contributed by atoms with Crippen molar-refractivity contribution in [1.82, 2.24) is 0 Å². The van der Waals surface area contributed by atoms with Gasteiger partial charge in [0.1, 0.15) is 41.0 Å². The molecule has 454 valence electrons. The third-order valence-electron chi connectivity index (χ3n) is 9.67. The van der Waals surface area contributed by atoms with Gasteiger partial charge in [-0.2, -0.15) is 72.7 Å². The molecule has 0 aromatic heterocycles. The molecule has 0 saturated heterocycles. The Balaban J connectivity index is -0.000000175. The van der Waals surface area contributed by atoms with Crippen molar-refractivity contribution in [2.75, 3.05) is 0 Å². The van der Waals surface area contributed by atoms with Crippen molar-refractivity contribution < 1.29 is 132 Å². The maximum absolute atomic E-state index is 10.7. The number of ether oxygens (including phenoxy) is 5. The fourth-order valence-electron chi connectivity index (χ4n) is 5.59. The molecule has 3 N–H and O–H groups in total. The molecule has 0 amide bonds. The molecule has 0 aliphatic rings. The van der Waals surface area contributed by atoms with Gasteiger partial charge in [0.05, 0.1) is 29.1 Å². The van der Waals surface area contributed by atoms with E-state index in [0.717, 1.165) is 39.3 Å². The maximum atomic E-state index is 10.7. The molecule has 0 saturated carbocycles. The van der Waals surface area contributed by atoms with E-state index in [9.17, 15) is 34.2 Å². The van der Waals surface area contributed by atoms with Gasteiger partial charge in [-0.05, 0) is 156 Å². The molecule has 0 radical (unpaired) electrons. The number of rotatable bonds is 19. The predicted molar refractivity (Wildman–Crippen MR) is 352 cm³/mol. The molecule has 0 aliphatic heterocycles. The summed E-state index contributed by atoms with van der Waals surface area (Å²) in [7, 11) is 0. The molecule has 0 fully saturated rings. The minimum absolute atomic E-state index is 0. The van der Waals surface area contributed by atoms with Crippen molar-refractivity contribution >= 4 is 170 Å². The molecular weight excluding hydrogens is 1410 g/mol. The average Bonchev–Trinajstić information content (AvgIpc) is 3.39. The van der Waals surface area contributed by atoms with Crippen LogP contribution in [0.1, 0.15) is 82.7 Å². The molecule has 5 aromatic rings. The molecule has 28 heteroatoms. The Bertz CT molecular complexity index is 2960. The molecular formula is C57H64Br2Cl3NNa2O15S5. The molecule has 0 bridgehead atoms. The van der Waals surface area contributed by atoms with Gasteiger partial charge in [0, 0.05) is 35.7 Å². The van der Waals surface area contributed by atoms with Crippen LogP contribution in [0.25, 0.3) is 6.08 Å². The average molecular weight is 1480 g/mol. The van der Waals surface area contributed by atoms with Crippen LogP contribution in [0.5, 0.6) is 28.7 Å². The fourth-order valence-corrected chi connectivity index (χ4v) is 6.89. The Hall–Kier alpha value is -3.62. The summed E-state index contributed by atoms with van der Waals surface area (Å²) in [5.41, 5.74) is 3.42. The molecule has 0 heterocycles. The fraction of sp³-hybridized carbons (Fsp3) is 0.263. The second-order valence-corrected chi connectivity index (χ2v) is 18.9. The van der Waals surface area contributed by atoms with E-state index < -0.39 is 60.4 Å². The standard InChI is InChI=1S/C12H10BrNO3.C12H15ClO3.C11H9BrO3.C11H13ClO3.C11H9ClO3.2Na.5H2S/c1-8(12(15)16)17-11-5-4-10(13)7-9(11)3-2-6-14;1-3-4-9-7-10(13)5-6-11(9)16-8(2)12(14)15;3*1-3-8-6-9(12)4-5-10(8)15-7(2)11(13)14;;;;;;;/h2-5,7-8H,1H3,(H,15,16);5-8H,3-4H2,1-2H3,(H,14,15);1,4-7H,2H3,(H,13,14);4-7H,3H2,1-2H3,(H,13,14);1,4-7H,2H3,(H,13,14);;;5*1H2/q;;;;;2*+1;;;;;/p-2/b3-2+;;;;;;;;;;;/t2*8-;3*7-;;;;;;;/m00000......./s1. The van der Waals surface area contributed by atoms with Gasteiger partial charge in [0.2, 0.25) is 0 Å². The Labute approximate surface area is 607 Å². The zero-order valence-corrected chi connectivity index (χ0v) is 62.0. The van der Waals surface area contributed by atoms with Crippen LogP contribution >= 0.6 is 134 Å². The minimum Gasteiger partial charge on any atom is -0.546 e. The van der Waals surface area contributed by atoms with Crippen LogP contribution in [0.4, 0.5) is 0 Å². The van der Waals surface area contributed by atoms with Gasteiger partial charge in [-0.15, -0.1) is 12.8 Å². The normalized spacial score (nSPS) is 10.9. The third-order valence-corrected chi connectivity index (χ3v) is 11.4. The number of terminal acetylenes is 2. The summed E-state index contributed by atoms with van der Waals surface area (Å²) < 4.78 is 27.8. The monoisotopic (exact) mass is 1470 g/mol. The van der Waals surface area contributed by atoms with Crippen molar-refractivity contribution in [1.29, 1.82) is 5.26 Å². The van der Waals surface area contributed by atoms with E-state index in [4.69, 9.17) is 91.9 Å². The van der Waals surface area contributed by atoms with Gasteiger partial charge in [-0.1, -0.05) is 98.8 Å². The van der Waals surface area contributed by atoms with Crippen LogP contribution in [0.2, 0.25) is 15.1 Å². The first-order valence-electron chi connectivity index (χ1n) is 23.1. The molecule has 5 atom stereocenters. The summed E-state index contributed by atoms with van der Waals surface area (Å²) in [6.45, 7) is 11.2. The zero-order chi connectivity index (χ0) is 59.2. The number of aliphatic carboxylic acids is 5. The van der Waals surface area contributed by atoms with E-state index in [1.54, 1.807) is 97.1 Å². The first kappa shape index (κ1) is 95.0. The Morgan fingerprint density at radius 1 is 0.541 bits per heavy atom. The van der Waals surface area contributed by atoms with Crippen LogP contribution in [0.3, 0.4) is 0 Å². The second kappa shape index (κ2) is 51.3. The summed E-state index contributed by atoms with van der Waals surface area (Å²) >= 11 is 24.0. The number of aryl methyl sites for hydroxylation is 2. The van der Waals surface area contributed by atoms with E-state index in [-0.39, 0.29) is 127 Å². The number of hydrogen-bond acceptors (Lipinski definition) is 13. The summed E-state index contributed by atoms with van der Waals surface area (Å²) in [6, 6.07) is 27.0. The second-order valence-electron chi connectivity index (χ2n) is 15.8. The SMILES string of the molecule is C#Cc1cc(Br)ccc1O[C@@H](C)C(=O)O.C#Cc1cc(Cl)ccc1O[C@@H](C)C(=O)O.CCCc1cc(Cl)ccc1O[C@@H](C)C(=O)[O-].CCc1cc(Cl)ccc1O[C@@H](C)C(=O)[O-].C[C@H](Oc1ccc(Br)cc1/C=C/C#N)C(=O)O.S.S.S.S.S.[Na+].[Na+]. The smallest absolute Gasteiger partial charge is 0.546 e. The Morgan fingerprint density at radius 2 is 0.871 bits per heavy atom. The number of allylic oxidation sites excluding steroid dienone is 1. The Kier molecular flexibility index (Phi) is 57.3. The topological polar surface area (TPSA) is 262 Å². The van der Waals surface area contributed by atoms with E-state index in [1.807, 2.05) is 19.9 Å². The van der Waals surface area contributed by atoms with Gasteiger partial charge in [-0.3, -0.25) is 0 Å². The number of benzene rings is 5. The first-order valence-corrected chi connectivity index (χ1v) is 25.8. The molecule has 5 rings (SSSR count). The number of carbonyl (C=O) groups excluding carboxylic acids is 2. The number of halogens is 5. The van der Waals surface area contributed by atoms with Crippen LogP contribution in [0.15, 0.2) is 106 Å². The summed E-state index contributed by atoms with van der Waals surface area (Å²) in [5.74, 6) is 1.51. The van der Waals surface area contributed by atoms with Crippen molar-refractivity contribution in [2.45, 2.75) is 98.2 Å². The zero-order valence-electron chi connectivity index (χ0n) is 47.6. The largest absolute Gasteiger partial charge is 1.00 e. The Morgan fingerprint density at radius 3 is 1.25 bits per heavy atom. The summed E-state index contributed by atoms with van der Waals surface area (Å²) in [4.78, 5) is 52.9. The van der Waals surface area contributed by atoms with Crippen molar-refractivity contribution in [3.8, 4) is 59.5 Å². The van der Waals surface area contributed by atoms with Crippen molar-refractivity contribution in [3.63, 3.8) is 0 Å². The molecule has 0 aliphatic carbocycles. The third kappa shape index (κ3) is 37.7. The van der Waals surface area contributed by atoms with Crippen LogP contribution in [0, 0.1) is 36.0 Å². The number of hydrogen-bond donors (Lipinski definition) is 3. The van der Waals surface area contributed by atoms with E-state index in [2.05, 4.69) is 43.7 Å². The van der Waals surface area contributed by atoms with Gasteiger partial charge < -0.3 is 58.8 Å². The van der Waals surface area contributed by atoms with E-state index in [0.29, 0.717) is 60.5 Å². The molecule has 16 nitrogen and oxygen atoms in total. The number of nitrogens with zero attached hydrogens (tertiary/aromatic N) is 1. The number of carboxylic acids is 5. The minimum atomic E-state index is -1.23. The quantitative estimate of drug-likeness (QED) is 0.0552. The van der Waals surface area contributed by atoms with Gasteiger partial charge in [-0.25, -0.2) is 14.4 Å². The van der Waals surface area contributed by atoms with E-state index >= 15 is 0 Å². The molecule has 5 aromatic carbocycles. The number of carbonyl (C=O) groups is 5. The van der Waals surface area contributed by atoms with Gasteiger partial charge in [0.15, 0.2) is 18.3 Å². The number of nitriles is 1. The van der Waals surface area contributed by atoms with Crippen molar-refractivity contribution in [3.05, 3.63) is 149 Å². The van der Waals surface area contributed by atoms with Crippen LogP contribution < -0.4 is 93.0 Å². The molecule has 85 heavy (non-hydrogen) atoms. The van der Waals surface area contributed by atoms with E-state index in [1.165, 1.54) is 40.7 Å². The molecule has 0 spiro atoms. The van der Waals surface area contributed by atoms with Crippen LogP contribution in [-0.2, 0) is 36.8 Å². The summed E-state index contributed by atoms with van der Waals surface area (Å²) in [6.07, 6.45) is 11.1. The maximum Gasteiger partial charge on any atom is 1.00 e. The predicted octanol–water partition coefficient (Wildman–Crippen LogP) is 5.09. The summed E-state index contributed by atoms with van der Waals surface area (Å²) in [5, 5.41) is 57.4. The van der Waals surface area contributed by atoms with Crippen LogP contribution in [-0.4, -0.2) is 75.7 Å². The van der Waals surface area contributed by atoms with Gasteiger partial charge in [0.25, 0.3) is 0 Å². The molecule has 0 unspecified atom stereocenters.